The van der Waals surface area contributed by atoms with Crippen molar-refractivity contribution in [3.63, 3.8) is 0 Å². The number of carbonyl (C=O) groups excluding carboxylic acids is 1. The zero-order valence-corrected chi connectivity index (χ0v) is 13.9. The molecule has 118 valence electrons. The van der Waals surface area contributed by atoms with Gasteiger partial charge in [-0.3, -0.25) is 9.36 Å². The van der Waals surface area contributed by atoms with E-state index in [1.807, 2.05) is 46.3 Å². The third kappa shape index (κ3) is 3.22. The van der Waals surface area contributed by atoms with Crippen LogP contribution in [0.4, 0.5) is 0 Å². The molecular formula is C15H14N4O2S2. The Morgan fingerprint density at radius 3 is 2.83 bits per heavy atom. The highest BCUT2D eigenvalue weighted by Gasteiger charge is 2.19. The Bertz CT molecular complexity index is 815. The van der Waals surface area contributed by atoms with Crippen LogP contribution in [-0.4, -0.2) is 33.5 Å². The third-order valence-corrected chi connectivity index (χ3v) is 4.86. The third-order valence-electron chi connectivity index (χ3n) is 3.04. The number of primary amides is 1. The number of nitrogens with zero attached hydrogens (tertiary/aromatic N) is 3. The Morgan fingerprint density at radius 1 is 1.30 bits per heavy atom. The topological polar surface area (TPSA) is 83.0 Å². The lowest BCUT2D eigenvalue weighted by molar-refractivity contribution is -0.115. The van der Waals surface area contributed by atoms with E-state index in [9.17, 15) is 4.79 Å². The Kier molecular flexibility index (Phi) is 4.63. The minimum atomic E-state index is -0.401. The monoisotopic (exact) mass is 346 g/mol. The van der Waals surface area contributed by atoms with Crippen molar-refractivity contribution in [1.29, 1.82) is 0 Å². The van der Waals surface area contributed by atoms with Crippen LogP contribution >= 0.6 is 23.1 Å². The van der Waals surface area contributed by atoms with Crippen molar-refractivity contribution in [2.24, 2.45) is 5.73 Å². The van der Waals surface area contributed by atoms with Crippen molar-refractivity contribution in [2.75, 3.05) is 12.9 Å². The van der Waals surface area contributed by atoms with Crippen LogP contribution in [0, 0.1) is 0 Å². The molecule has 0 spiro atoms. The van der Waals surface area contributed by atoms with E-state index < -0.39 is 5.91 Å². The summed E-state index contributed by atoms with van der Waals surface area (Å²) in [5.41, 5.74) is 6.06. The molecule has 0 saturated heterocycles. The smallest absolute Gasteiger partial charge is 0.227 e. The minimum absolute atomic E-state index is 0.137. The molecule has 0 aliphatic heterocycles. The van der Waals surface area contributed by atoms with E-state index >= 15 is 0 Å². The summed E-state index contributed by atoms with van der Waals surface area (Å²) >= 11 is 2.82. The summed E-state index contributed by atoms with van der Waals surface area (Å²) in [7, 11) is 1.62. The average Bonchev–Trinajstić information content (AvgIpc) is 3.21. The van der Waals surface area contributed by atoms with Gasteiger partial charge in [-0.2, -0.15) is 0 Å². The number of benzene rings is 1. The zero-order valence-electron chi connectivity index (χ0n) is 12.3. The molecule has 2 N–H and O–H groups in total. The van der Waals surface area contributed by atoms with Gasteiger partial charge < -0.3 is 10.5 Å². The molecule has 0 aliphatic carbocycles. The number of methoxy groups -OCH3 is 1. The van der Waals surface area contributed by atoms with Crippen LogP contribution in [-0.2, 0) is 4.79 Å². The molecule has 1 aromatic carbocycles. The summed E-state index contributed by atoms with van der Waals surface area (Å²) in [6, 6.07) is 11.5. The molecule has 0 bridgehead atoms. The molecule has 0 atom stereocenters. The van der Waals surface area contributed by atoms with Crippen LogP contribution in [0.5, 0.6) is 5.75 Å². The zero-order chi connectivity index (χ0) is 16.2. The summed E-state index contributed by atoms with van der Waals surface area (Å²) < 4.78 is 7.34. The minimum Gasteiger partial charge on any atom is -0.495 e. The van der Waals surface area contributed by atoms with Crippen molar-refractivity contribution >= 4 is 29.0 Å². The number of para-hydroxylation sites is 2. The summed E-state index contributed by atoms with van der Waals surface area (Å²) in [5.74, 6) is 1.14. The molecule has 3 rings (SSSR count). The van der Waals surface area contributed by atoms with Crippen LogP contribution in [0.15, 0.2) is 46.9 Å². The Balaban J connectivity index is 2.14. The fourth-order valence-corrected chi connectivity index (χ4v) is 3.48. The Labute approximate surface area is 141 Å². The summed E-state index contributed by atoms with van der Waals surface area (Å²) in [6.07, 6.45) is 0. The number of nitrogens with two attached hydrogens (primary N) is 1. The highest BCUT2D eigenvalue weighted by atomic mass is 32.2. The van der Waals surface area contributed by atoms with Crippen LogP contribution in [0.25, 0.3) is 16.4 Å². The summed E-state index contributed by atoms with van der Waals surface area (Å²) in [4.78, 5) is 12.1. The van der Waals surface area contributed by atoms with Crippen molar-refractivity contribution in [1.82, 2.24) is 14.8 Å². The molecule has 0 unspecified atom stereocenters. The first-order valence-electron chi connectivity index (χ1n) is 6.74. The van der Waals surface area contributed by atoms with E-state index in [1.54, 1.807) is 18.4 Å². The molecule has 0 saturated carbocycles. The number of hydrogen-bond acceptors (Lipinski definition) is 6. The SMILES string of the molecule is COc1ccccc1-n1c(SCC(N)=O)nnc1-c1cccs1. The number of thioether (sulfide) groups is 1. The molecule has 23 heavy (non-hydrogen) atoms. The maximum atomic E-state index is 11.1. The van der Waals surface area contributed by atoms with Gasteiger partial charge >= 0.3 is 0 Å². The van der Waals surface area contributed by atoms with Gasteiger partial charge in [0.2, 0.25) is 5.91 Å². The molecule has 6 nitrogen and oxygen atoms in total. The van der Waals surface area contributed by atoms with Gasteiger partial charge in [-0.15, -0.1) is 21.5 Å². The maximum Gasteiger partial charge on any atom is 0.227 e. The second-order valence-electron chi connectivity index (χ2n) is 4.55. The van der Waals surface area contributed by atoms with E-state index in [1.165, 1.54) is 11.8 Å². The predicted molar refractivity (Wildman–Crippen MR) is 91.1 cm³/mol. The largest absolute Gasteiger partial charge is 0.495 e. The van der Waals surface area contributed by atoms with Crippen LogP contribution < -0.4 is 10.5 Å². The van der Waals surface area contributed by atoms with Crippen molar-refractivity contribution in [3.8, 4) is 22.1 Å². The molecular weight excluding hydrogens is 332 g/mol. The number of amides is 1. The van der Waals surface area contributed by atoms with Crippen LogP contribution in [0.2, 0.25) is 0 Å². The van der Waals surface area contributed by atoms with E-state index in [0.29, 0.717) is 16.7 Å². The van der Waals surface area contributed by atoms with Crippen molar-refractivity contribution in [2.45, 2.75) is 5.16 Å². The quantitative estimate of drug-likeness (QED) is 0.694. The number of aromatic nitrogens is 3. The van der Waals surface area contributed by atoms with Gasteiger partial charge in [-0.25, -0.2) is 0 Å². The highest BCUT2D eigenvalue weighted by Crippen LogP contribution is 2.33. The van der Waals surface area contributed by atoms with Gasteiger partial charge in [-0.05, 0) is 23.6 Å². The van der Waals surface area contributed by atoms with E-state index in [4.69, 9.17) is 10.5 Å². The normalized spacial score (nSPS) is 10.7. The van der Waals surface area contributed by atoms with Gasteiger partial charge in [0.05, 0.1) is 23.4 Å². The number of ether oxygens (including phenoxy) is 1. The summed E-state index contributed by atoms with van der Waals surface area (Å²) in [6.45, 7) is 0. The van der Waals surface area contributed by atoms with E-state index in [0.717, 1.165) is 10.6 Å². The molecule has 0 radical (unpaired) electrons. The van der Waals surface area contributed by atoms with Crippen molar-refractivity contribution in [3.05, 3.63) is 41.8 Å². The lowest BCUT2D eigenvalue weighted by Gasteiger charge is -2.12. The highest BCUT2D eigenvalue weighted by molar-refractivity contribution is 7.99. The second kappa shape index (κ2) is 6.84. The first-order valence-corrected chi connectivity index (χ1v) is 8.61. The first kappa shape index (κ1) is 15.6. The van der Waals surface area contributed by atoms with Crippen molar-refractivity contribution < 1.29 is 9.53 Å². The van der Waals surface area contributed by atoms with E-state index in [-0.39, 0.29) is 5.75 Å². The maximum absolute atomic E-state index is 11.1. The van der Waals surface area contributed by atoms with Crippen LogP contribution in [0.3, 0.4) is 0 Å². The predicted octanol–water partition coefficient (Wildman–Crippen LogP) is 2.58. The van der Waals surface area contributed by atoms with E-state index in [2.05, 4.69) is 10.2 Å². The fourth-order valence-electron chi connectivity index (χ4n) is 2.10. The summed E-state index contributed by atoms with van der Waals surface area (Å²) in [5, 5.41) is 11.1. The molecule has 0 fully saturated rings. The molecule has 8 heteroatoms. The fraction of sp³-hybridized carbons (Fsp3) is 0.133. The number of thiophene rings is 1. The second-order valence-corrected chi connectivity index (χ2v) is 6.44. The average molecular weight is 346 g/mol. The van der Waals surface area contributed by atoms with Gasteiger partial charge in [0, 0.05) is 0 Å². The molecule has 2 heterocycles. The Hall–Kier alpha value is -2.32. The van der Waals surface area contributed by atoms with Gasteiger partial charge in [0.25, 0.3) is 0 Å². The van der Waals surface area contributed by atoms with Gasteiger partial charge in [0.1, 0.15) is 5.75 Å². The molecule has 3 aromatic rings. The lowest BCUT2D eigenvalue weighted by atomic mass is 10.3. The number of carbonyl (C=O) groups is 1. The number of rotatable bonds is 6. The van der Waals surface area contributed by atoms with Gasteiger partial charge in [0.15, 0.2) is 11.0 Å². The van der Waals surface area contributed by atoms with Crippen LogP contribution in [0.1, 0.15) is 0 Å². The van der Waals surface area contributed by atoms with Gasteiger partial charge in [-0.1, -0.05) is 30.0 Å². The molecule has 0 aliphatic rings. The number of hydrogen-bond donors (Lipinski definition) is 1. The molecule has 2 aromatic heterocycles. The first-order chi connectivity index (χ1) is 11.2. The standard InChI is InChI=1S/C15H14N4O2S2/c1-21-11-6-3-2-5-10(11)19-14(12-7-4-8-22-12)17-18-15(19)23-9-13(16)20/h2-8H,9H2,1H3,(H2,16,20). The molecule has 1 amide bonds. The Morgan fingerprint density at radius 2 is 2.13 bits per heavy atom. The lowest BCUT2D eigenvalue weighted by Crippen LogP contribution is -2.13.